The predicted molar refractivity (Wildman–Crippen MR) is 76.2 cm³/mol. The number of hydrogen-bond acceptors (Lipinski definition) is 2. The second-order valence-corrected chi connectivity index (χ2v) is 5.62. The molecule has 21 heavy (non-hydrogen) atoms. The van der Waals surface area contributed by atoms with Gasteiger partial charge in [-0.05, 0) is 37.3 Å². The van der Waals surface area contributed by atoms with Gasteiger partial charge in [0.05, 0.1) is 6.10 Å². The number of hydrogen-bond donors (Lipinski definition) is 1. The van der Waals surface area contributed by atoms with Crippen molar-refractivity contribution < 1.29 is 17.9 Å². The molecule has 0 amide bonds. The summed E-state index contributed by atoms with van der Waals surface area (Å²) in [5.41, 5.74) is 2.16. The summed E-state index contributed by atoms with van der Waals surface area (Å²) in [6, 6.07) is 8.42. The molecule has 1 aliphatic carbocycles. The molecule has 1 aromatic rings. The maximum Gasteiger partial charge on any atom is 0.389 e. The van der Waals surface area contributed by atoms with E-state index in [0.717, 1.165) is 11.1 Å². The first-order chi connectivity index (χ1) is 9.96. The Labute approximate surface area is 123 Å². The van der Waals surface area contributed by atoms with Gasteiger partial charge in [-0.3, -0.25) is 0 Å². The molecule has 0 saturated heterocycles. The summed E-state index contributed by atoms with van der Waals surface area (Å²) in [5, 5.41) is 3.39. The standard InChI is InChI=1S/C16H22F3NO/c1-12-5-2-3-6-14(12)15(11-20-13-7-8-13)21-10-4-9-16(17,18)19/h2-3,5-6,13,15,20H,4,7-11H2,1H3. The minimum absolute atomic E-state index is 0.00924. The highest BCUT2D eigenvalue weighted by Gasteiger charge is 2.27. The van der Waals surface area contributed by atoms with Gasteiger partial charge in [-0.1, -0.05) is 24.3 Å². The third-order valence-corrected chi connectivity index (χ3v) is 3.63. The Morgan fingerprint density at radius 1 is 1.29 bits per heavy atom. The number of halogens is 3. The summed E-state index contributed by atoms with van der Waals surface area (Å²) in [5.74, 6) is 0. The zero-order chi connectivity index (χ0) is 15.3. The average Bonchev–Trinajstić information content (AvgIpc) is 3.22. The van der Waals surface area contributed by atoms with E-state index in [9.17, 15) is 13.2 Å². The molecule has 1 N–H and O–H groups in total. The van der Waals surface area contributed by atoms with Gasteiger partial charge in [0.2, 0.25) is 0 Å². The lowest BCUT2D eigenvalue weighted by Gasteiger charge is -2.21. The normalized spacial score (nSPS) is 17.0. The van der Waals surface area contributed by atoms with E-state index in [1.54, 1.807) is 0 Å². The molecule has 1 aliphatic rings. The molecule has 0 radical (unpaired) electrons. The lowest BCUT2D eigenvalue weighted by atomic mass is 10.0. The van der Waals surface area contributed by atoms with Crippen molar-refractivity contribution in [3.05, 3.63) is 35.4 Å². The van der Waals surface area contributed by atoms with Gasteiger partial charge in [0.25, 0.3) is 0 Å². The molecule has 0 spiro atoms. The fraction of sp³-hybridized carbons (Fsp3) is 0.625. The Bertz CT molecular complexity index is 443. The molecule has 2 rings (SSSR count). The number of nitrogens with one attached hydrogen (secondary N) is 1. The number of rotatable bonds is 8. The van der Waals surface area contributed by atoms with Gasteiger partial charge in [0, 0.05) is 25.6 Å². The first kappa shape index (κ1) is 16.3. The van der Waals surface area contributed by atoms with Crippen LogP contribution in [0.3, 0.4) is 0 Å². The van der Waals surface area contributed by atoms with E-state index in [-0.39, 0.29) is 19.1 Å². The molecule has 1 fully saturated rings. The summed E-state index contributed by atoms with van der Waals surface area (Å²) in [6.45, 7) is 2.78. The molecule has 0 aliphatic heterocycles. The van der Waals surface area contributed by atoms with E-state index >= 15 is 0 Å². The molecule has 118 valence electrons. The highest BCUT2D eigenvalue weighted by atomic mass is 19.4. The highest BCUT2D eigenvalue weighted by Crippen LogP contribution is 2.25. The maximum atomic E-state index is 12.2. The van der Waals surface area contributed by atoms with Crippen LogP contribution in [0.25, 0.3) is 0 Å². The molecule has 2 nitrogen and oxygen atoms in total. The number of alkyl halides is 3. The van der Waals surface area contributed by atoms with Crippen LogP contribution in [0.2, 0.25) is 0 Å². The van der Waals surface area contributed by atoms with Crippen molar-refractivity contribution in [3.8, 4) is 0 Å². The van der Waals surface area contributed by atoms with E-state index in [0.29, 0.717) is 12.6 Å². The van der Waals surface area contributed by atoms with E-state index in [2.05, 4.69) is 5.32 Å². The van der Waals surface area contributed by atoms with Crippen molar-refractivity contribution in [3.63, 3.8) is 0 Å². The first-order valence-corrected chi connectivity index (χ1v) is 7.43. The van der Waals surface area contributed by atoms with Crippen LogP contribution in [0, 0.1) is 6.92 Å². The molecule has 5 heteroatoms. The van der Waals surface area contributed by atoms with Crippen LogP contribution in [0.4, 0.5) is 13.2 Å². The Morgan fingerprint density at radius 3 is 2.62 bits per heavy atom. The van der Waals surface area contributed by atoms with Gasteiger partial charge < -0.3 is 10.1 Å². The zero-order valence-electron chi connectivity index (χ0n) is 12.2. The fourth-order valence-electron chi connectivity index (χ4n) is 2.27. The lowest BCUT2D eigenvalue weighted by molar-refractivity contribution is -0.138. The molecular formula is C16H22F3NO. The van der Waals surface area contributed by atoms with Crippen LogP contribution in [0.5, 0.6) is 0 Å². The van der Waals surface area contributed by atoms with Crippen LogP contribution >= 0.6 is 0 Å². The van der Waals surface area contributed by atoms with Crippen LogP contribution in [-0.4, -0.2) is 25.4 Å². The first-order valence-electron chi connectivity index (χ1n) is 7.43. The van der Waals surface area contributed by atoms with Crippen molar-refractivity contribution in [1.82, 2.24) is 5.32 Å². The molecule has 1 aromatic carbocycles. The van der Waals surface area contributed by atoms with Crippen molar-refractivity contribution in [1.29, 1.82) is 0 Å². The van der Waals surface area contributed by atoms with Crippen LogP contribution in [0.15, 0.2) is 24.3 Å². The van der Waals surface area contributed by atoms with Gasteiger partial charge >= 0.3 is 6.18 Å². The van der Waals surface area contributed by atoms with Gasteiger partial charge in [-0.15, -0.1) is 0 Å². The number of ether oxygens (including phenoxy) is 1. The van der Waals surface area contributed by atoms with Crippen LogP contribution < -0.4 is 5.32 Å². The van der Waals surface area contributed by atoms with Gasteiger partial charge in [0.1, 0.15) is 0 Å². The number of aryl methyl sites for hydroxylation is 1. The summed E-state index contributed by atoms with van der Waals surface area (Å²) in [4.78, 5) is 0. The average molecular weight is 301 g/mol. The molecule has 1 unspecified atom stereocenters. The Balaban J connectivity index is 1.87. The van der Waals surface area contributed by atoms with Crippen LogP contribution in [-0.2, 0) is 4.74 Å². The van der Waals surface area contributed by atoms with Crippen molar-refractivity contribution >= 4 is 0 Å². The monoisotopic (exact) mass is 301 g/mol. The van der Waals surface area contributed by atoms with E-state index in [1.807, 2.05) is 31.2 Å². The zero-order valence-corrected chi connectivity index (χ0v) is 12.2. The largest absolute Gasteiger partial charge is 0.389 e. The molecular weight excluding hydrogens is 279 g/mol. The van der Waals surface area contributed by atoms with E-state index in [1.165, 1.54) is 12.8 Å². The minimum atomic E-state index is -4.10. The molecule has 0 heterocycles. The SMILES string of the molecule is Cc1ccccc1C(CNC1CC1)OCCCC(F)(F)F. The van der Waals surface area contributed by atoms with E-state index in [4.69, 9.17) is 4.74 Å². The topological polar surface area (TPSA) is 21.3 Å². The second-order valence-electron chi connectivity index (χ2n) is 5.62. The van der Waals surface area contributed by atoms with Gasteiger partial charge in [-0.2, -0.15) is 13.2 Å². The van der Waals surface area contributed by atoms with Crippen LogP contribution in [0.1, 0.15) is 42.9 Å². The van der Waals surface area contributed by atoms with E-state index < -0.39 is 12.6 Å². The Morgan fingerprint density at radius 2 is 2.00 bits per heavy atom. The smallest absolute Gasteiger partial charge is 0.372 e. The number of benzene rings is 1. The third kappa shape index (κ3) is 6.06. The maximum absolute atomic E-state index is 12.2. The third-order valence-electron chi connectivity index (χ3n) is 3.63. The molecule has 1 atom stereocenters. The molecule has 0 bridgehead atoms. The highest BCUT2D eigenvalue weighted by molar-refractivity contribution is 5.28. The van der Waals surface area contributed by atoms with Crippen molar-refractivity contribution in [2.75, 3.05) is 13.2 Å². The predicted octanol–water partition coefficient (Wildman–Crippen LogP) is 4.15. The quantitative estimate of drug-likeness (QED) is 0.728. The summed E-state index contributed by atoms with van der Waals surface area (Å²) in [6.07, 6.45) is -2.71. The lowest BCUT2D eigenvalue weighted by Crippen LogP contribution is -2.26. The summed E-state index contributed by atoms with van der Waals surface area (Å²) >= 11 is 0. The molecule has 1 saturated carbocycles. The van der Waals surface area contributed by atoms with Gasteiger partial charge in [-0.25, -0.2) is 0 Å². The summed E-state index contributed by atoms with van der Waals surface area (Å²) < 4.78 is 42.2. The summed E-state index contributed by atoms with van der Waals surface area (Å²) in [7, 11) is 0. The van der Waals surface area contributed by atoms with Crippen molar-refractivity contribution in [2.45, 2.75) is 50.9 Å². The molecule has 0 aromatic heterocycles. The van der Waals surface area contributed by atoms with Gasteiger partial charge in [0.15, 0.2) is 0 Å². The van der Waals surface area contributed by atoms with Crippen molar-refractivity contribution in [2.24, 2.45) is 0 Å². The Kier molecular flexibility index (Phi) is 5.65. The second kappa shape index (κ2) is 7.27. The minimum Gasteiger partial charge on any atom is -0.372 e. The Hall–Kier alpha value is -1.07. The fourth-order valence-corrected chi connectivity index (χ4v) is 2.27.